The molecule has 0 N–H and O–H groups in total. The maximum Gasteiger partial charge on any atom is 0.318 e. The fourth-order valence-electron chi connectivity index (χ4n) is 3.26. The van der Waals surface area contributed by atoms with E-state index >= 15 is 0 Å². The van der Waals surface area contributed by atoms with Gasteiger partial charge in [-0.15, -0.1) is 5.10 Å². The largest absolute Gasteiger partial charge is 0.408 e. The first-order valence-corrected chi connectivity index (χ1v) is 9.26. The molecule has 1 amide bonds. The van der Waals surface area contributed by atoms with E-state index in [0.717, 1.165) is 23.1 Å². The first kappa shape index (κ1) is 17.3. The molecule has 1 aliphatic rings. The number of piperazine rings is 1. The lowest BCUT2D eigenvalue weighted by molar-refractivity contribution is 0.0745. The summed E-state index contributed by atoms with van der Waals surface area (Å²) in [7, 11) is 0. The molecule has 0 saturated carbocycles. The van der Waals surface area contributed by atoms with Gasteiger partial charge in [-0.3, -0.25) is 4.79 Å². The lowest BCUT2D eigenvalue weighted by Crippen LogP contribution is -2.49. The van der Waals surface area contributed by atoms with Crippen LogP contribution in [0.2, 0.25) is 0 Å². The van der Waals surface area contributed by atoms with Crippen LogP contribution in [0.25, 0.3) is 11.1 Å². The second kappa shape index (κ2) is 7.61. The summed E-state index contributed by atoms with van der Waals surface area (Å²) < 4.78 is 5.62. The Hall–Kier alpha value is -3.15. The molecule has 2 heterocycles. The second-order valence-corrected chi connectivity index (χ2v) is 6.56. The molecule has 0 aliphatic carbocycles. The van der Waals surface area contributed by atoms with Crippen LogP contribution < -0.4 is 4.90 Å². The second-order valence-electron chi connectivity index (χ2n) is 6.56. The van der Waals surface area contributed by atoms with E-state index in [1.54, 1.807) is 0 Å². The highest BCUT2D eigenvalue weighted by Crippen LogP contribution is 2.22. The minimum Gasteiger partial charge on any atom is -0.408 e. The van der Waals surface area contributed by atoms with E-state index in [4.69, 9.17) is 4.42 Å². The first-order chi connectivity index (χ1) is 13.2. The van der Waals surface area contributed by atoms with Crippen LogP contribution in [-0.4, -0.2) is 47.2 Å². The SMILES string of the molecule is CCc1nnc(N2CCN(C(=O)c3cccc(-c4ccccc4)c3)CC2)o1. The fourth-order valence-corrected chi connectivity index (χ4v) is 3.26. The van der Waals surface area contributed by atoms with Crippen molar-refractivity contribution in [1.29, 1.82) is 0 Å². The third kappa shape index (κ3) is 3.69. The first-order valence-electron chi connectivity index (χ1n) is 9.26. The van der Waals surface area contributed by atoms with E-state index in [0.29, 0.717) is 38.1 Å². The third-order valence-electron chi connectivity index (χ3n) is 4.81. The Morgan fingerprint density at radius 1 is 0.963 bits per heavy atom. The molecule has 3 aromatic rings. The Kier molecular flexibility index (Phi) is 4.87. The van der Waals surface area contributed by atoms with Gasteiger partial charge in [0.1, 0.15) is 0 Å². The van der Waals surface area contributed by atoms with E-state index in [9.17, 15) is 4.79 Å². The number of aryl methyl sites for hydroxylation is 1. The fraction of sp³-hybridized carbons (Fsp3) is 0.286. The summed E-state index contributed by atoms with van der Waals surface area (Å²) in [6.07, 6.45) is 0.725. The Balaban J connectivity index is 1.44. The number of rotatable bonds is 4. The van der Waals surface area contributed by atoms with Crippen molar-refractivity contribution in [1.82, 2.24) is 15.1 Å². The van der Waals surface area contributed by atoms with E-state index in [1.807, 2.05) is 59.2 Å². The maximum absolute atomic E-state index is 12.9. The number of amides is 1. The van der Waals surface area contributed by atoms with Crippen molar-refractivity contribution in [3.8, 4) is 11.1 Å². The lowest BCUT2D eigenvalue weighted by atomic mass is 10.0. The zero-order valence-corrected chi connectivity index (χ0v) is 15.3. The molecular weight excluding hydrogens is 340 g/mol. The zero-order valence-electron chi connectivity index (χ0n) is 15.3. The number of hydrogen-bond acceptors (Lipinski definition) is 5. The number of carbonyl (C=O) groups excluding carboxylic acids is 1. The van der Waals surface area contributed by atoms with Gasteiger partial charge in [-0.05, 0) is 23.3 Å². The molecule has 2 aromatic carbocycles. The topological polar surface area (TPSA) is 62.5 Å². The Labute approximate surface area is 158 Å². The molecule has 1 saturated heterocycles. The van der Waals surface area contributed by atoms with Crippen molar-refractivity contribution in [2.24, 2.45) is 0 Å². The van der Waals surface area contributed by atoms with E-state index in [2.05, 4.69) is 22.3 Å². The van der Waals surface area contributed by atoms with E-state index in [-0.39, 0.29) is 5.91 Å². The Bertz CT molecular complexity index is 915. The average Bonchev–Trinajstić information content (AvgIpc) is 3.23. The van der Waals surface area contributed by atoms with Gasteiger partial charge < -0.3 is 14.2 Å². The minimum atomic E-state index is 0.0622. The summed E-state index contributed by atoms with van der Waals surface area (Å²) in [4.78, 5) is 16.9. The van der Waals surface area contributed by atoms with Gasteiger partial charge >= 0.3 is 6.01 Å². The highest BCUT2D eigenvalue weighted by atomic mass is 16.4. The maximum atomic E-state index is 12.9. The van der Waals surface area contributed by atoms with Crippen LogP contribution in [0.15, 0.2) is 59.0 Å². The van der Waals surface area contributed by atoms with Crippen molar-refractivity contribution in [3.63, 3.8) is 0 Å². The van der Waals surface area contributed by atoms with Gasteiger partial charge in [-0.1, -0.05) is 54.5 Å². The van der Waals surface area contributed by atoms with Gasteiger partial charge in [0.05, 0.1) is 0 Å². The highest BCUT2D eigenvalue weighted by molar-refractivity contribution is 5.95. The summed E-state index contributed by atoms with van der Waals surface area (Å²) in [6.45, 7) is 4.64. The smallest absolute Gasteiger partial charge is 0.318 e. The van der Waals surface area contributed by atoms with Crippen LogP contribution >= 0.6 is 0 Å². The molecule has 0 radical (unpaired) electrons. The molecule has 27 heavy (non-hydrogen) atoms. The summed E-state index contributed by atoms with van der Waals surface area (Å²) in [5.74, 6) is 0.702. The summed E-state index contributed by atoms with van der Waals surface area (Å²) in [6, 6.07) is 18.5. The average molecular weight is 362 g/mol. The number of aromatic nitrogens is 2. The van der Waals surface area contributed by atoms with E-state index < -0.39 is 0 Å². The highest BCUT2D eigenvalue weighted by Gasteiger charge is 2.25. The summed E-state index contributed by atoms with van der Waals surface area (Å²) in [5.41, 5.74) is 2.88. The summed E-state index contributed by atoms with van der Waals surface area (Å²) in [5, 5.41) is 8.10. The standard InChI is InChI=1S/C21H22N4O2/c1-2-19-22-23-21(27-19)25-13-11-24(12-14-25)20(26)18-10-6-9-17(15-18)16-7-4-3-5-8-16/h3-10,15H,2,11-14H2,1H3. The number of nitrogens with zero attached hydrogens (tertiary/aromatic N) is 4. The van der Waals surface area contributed by atoms with Crippen LogP contribution in [0, 0.1) is 0 Å². The molecule has 1 aromatic heterocycles. The number of anilines is 1. The van der Waals surface area contributed by atoms with Gasteiger partial charge in [0, 0.05) is 38.2 Å². The van der Waals surface area contributed by atoms with Gasteiger partial charge in [-0.25, -0.2) is 0 Å². The molecule has 6 nitrogen and oxygen atoms in total. The van der Waals surface area contributed by atoms with Gasteiger partial charge in [0.15, 0.2) is 0 Å². The van der Waals surface area contributed by atoms with Crippen LogP contribution in [0.1, 0.15) is 23.2 Å². The molecule has 0 spiro atoms. The molecule has 0 unspecified atom stereocenters. The normalized spacial score (nSPS) is 14.4. The zero-order chi connectivity index (χ0) is 18.6. The van der Waals surface area contributed by atoms with Crippen LogP contribution in [0.5, 0.6) is 0 Å². The summed E-state index contributed by atoms with van der Waals surface area (Å²) >= 11 is 0. The van der Waals surface area contributed by atoms with Crippen molar-refractivity contribution >= 4 is 11.9 Å². The molecule has 0 atom stereocenters. The molecule has 6 heteroatoms. The molecule has 4 rings (SSSR count). The van der Waals surface area contributed by atoms with Crippen LogP contribution in [0.3, 0.4) is 0 Å². The van der Waals surface area contributed by atoms with Crippen molar-refractivity contribution in [2.75, 3.05) is 31.1 Å². The Morgan fingerprint density at radius 2 is 1.70 bits per heavy atom. The van der Waals surface area contributed by atoms with Crippen LogP contribution in [0.4, 0.5) is 6.01 Å². The Morgan fingerprint density at radius 3 is 2.41 bits per heavy atom. The van der Waals surface area contributed by atoms with Crippen LogP contribution in [-0.2, 0) is 6.42 Å². The van der Waals surface area contributed by atoms with Crippen molar-refractivity contribution < 1.29 is 9.21 Å². The van der Waals surface area contributed by atoms with Gasteiger partial charge in [-0.2, -0.15) is 0 Å². The van der Waals surface area contributed by atoms with Crippen molar-refractivity contribution in [2.45, 2.75) is 13.3 Å². The predicted molar refractivity (Wildman–Crippen MR) is 104 cm³/mol. The quantitative estimate of drug-likeness (QED) is 0.713. The minimum absolute atomic E-state index is 0.0622. The number of hydrogen-bond donors (Lipinski definition) is 0. The molecule has 138 valence electrons. The van der Waals surface area contributed by atoms with Gasteiger partial charge in [0.25, 0.3) is 5.91 Å². The third-order valence-corrected chi connectivity index (χ3v) is 4.81. The number of benzene rings is 2. The number of carbonyl (C=O) groups is 1. The monoisotopic (exact) mass is 362 g/mol. The predicted octanol–water partition coefficient (Wildman–Crippen LogP) is 3.26. The molecule has 0 bridgehead atoms. The van der Waals surface area contributed by atoms with Gasteiger partial charge in [0.2, 0.25) is 5.89 Å². The molecular formula is C21H22N4O2. The van der Waals surface area contributed by atoms with Crippen molar-refractivity contribution in [3.05, 3.63) is 66.1 Å². The molecule has 1 aliphatic heterocycles. The molecule has 1 fully saturated rings. The lowest BCUT2D eigenvalue weighted by Gasteiger charge is -2.33. The van der Waals surface area contributed by atoms with E-state index in [1.165, 1.54) is 0 Å².